The molecule has 0 amide bonds. The van der Waals surface area contributed by atoms with Gasteiger partial charge in [-0.3, -0.25) is 0 Å². The van der Waals surface area contributed by atoms with Crippen molar-refractivity contribution in [1.82, 2.24) is 9.97 Å². The maximum absolute atomic E-state index is 13.6. The number of hydrogen-bond donors (Lipinski definition) is 0. The van der Waals surface area contributed by atoms with E-state index < -0.39 is 5.92 Å². The Morgan fingerprint density at radius 2 is 2.19 bits per heavy atom. The molecule has 1 aliphatic carbocycles. The standard InChI is InChI=1S/C10H11ClF2N2S/c1-2-16-9-14-7-6(8(11)15-9)4-3-5-10(7,12)13/h2-5H2,1H3. The van der Waals surface area contributed by atoms with Crippen LogP contribution in [0.4, 0.5) is 8.78 Å². The monoisotopic (exact) mass is 264 g/mol. The lowest BCUT2D eigenvalue weighted by molar-refractivity contribution is -0.0271. The highest BCUT2D eigenvalue weighted by atomic mass is 35.5. The van der Waals surface area contributed by atoms with E-state index in [2.05, 4.69) is 9.97 Å². The Morgan fingerprint density at radius 3 is 2.88 bits per heavy atom. The fourth-order valence-electron chi connectivity index (χ4n) is 1.76. The Hall–Kier alpha value is -0.420. The topological polar surface area (TPSA) is 25.8 Å². The second-order valence-corrected chi connectivity index (χ2v) is 5.20. The summed E-state index contributed by atoms with van der Waals surface area (Å²) in [4.78, 5) is 7.96. The predicted molar refractivity (Wildman–Crippen MR) is 60.3 cm³/mol. The lowest BCUT2D eigenvalue weighted by Crippen LogP contribution is -2.24. The zero-order valence-corrected chi connectivity index (χ0v) is 10.3. The van der Waals surface area contributed by atoms with Gasteiger partial charge in [-0.15, -0.1) is 0 Å². The van der Waals surface area contributed by atoms with E-state index >= 15 is 0 Å². The van der Waals surface area contributed by atoms with Gasteiger partial charge in [0.15, 0.2) is 5.16 Å². The molecule has 0 atom stereocenters. The minimum Gasteiger partial charge on any atom is -0.221 e. The molecule has 0 spiro atoms. The van der Waals surface area contributed by atoms with Gasteiger partial charge in [-0.25, -0.2) is 9.97 Å². The quantitative estimate of drug-likeness (QED) is 0.463. The van der Waals surface area contributed by atoms with Crippen molar-refractivity contribution in [2.24, 2.45) is 0 Å². The van der Waals surface area contributed by atoms with E-state index in [0.29, 0.717) is 23.6 Å². The summed E-state index contributed by atoms with van der Waals surface area (Å²) in [6.45, 7) is 1.92. The molecule has 0 radical (unpaired) electrons. The van der Waals surface area contributed by atoms with Crippen molar-refractivity contribution in [3.8, 4) is 0 Å². The van der Waals surface area contributed by atoms with Crippen LogP contribution in [0.15, 0.2) is 5.16 Å². The first-order valence-electron chi connectivity index (χ1n) is 5.12. The van der Waals surface area contributed by atoms with Gasteiger partial charge in [-0.1, -0.05) is 30.3 Å². The van der Waals surface area contributed by atoms with Gasteiger partial charge in [-0.2, -0.15) is 8.78 Å². The zero-order chi connectivity index (χ0) is 11.8. The molecule has 0 bridgehead atoms. The second-order valence-electron chi connectivity index (χ2n) is 3.62. The number of fused-ring (bicyclic) bond motifs is 1. The van der Waals surface area contributed by atoms with Crippen molar-refractivity contribution in [2.45, 2.75) is 37.3 Å². The summed E-state index contributed by atoms with van der Waals surface area (Å²) < 4.78 is 27.3. The van der Waals surface area contributed by atoms with Crippen LogP contribution in [0.25, 0.3) is 0 Å². The average Bonchev–Trinajstić information content (AvgIpc) is 2.20. The molecule has 0 fully saturated rings. The normalized spacial score (nSPS) is 18.2. The highest BCUT2D eigenvalue weighted by molar-refractivity contribution is 7.99. The number of hydrogen-bond acceptors (Lipinski definition) is 3. The van der Waals surface area contributed by atoms with E-state index in [1.54, 1.807) is 0 Å². The van der Waals surface area contributed by atoms with Crippen LogP contribution in [-0.4, -0.2) is 15.7 Å². The van der Waals surface area contributed by atoms with Crippen LogP contribution in [0.5, 0.6) is 0 Å². The largest absolute Gasteiger partial charge is 0.290 e. The van der Waals surface area contributed by atoms with E-state index in [-0.39, 0.29) is 17.3 Å². The second kappa shape index (κ2) is 4.45. The van der Waals surface area contributed by atoms with Crippen molar-refractivity contribution in [3.05, 3.63) is 16.4 Å². The first-order valence-corrected chi connectivity index (χ1v) is 6.48. The number of rotatable bonds is 2. The Kier molecular flexibility index (Phi) is 3.35. The van der Waals surface area contributed by atoms with Gasteiger partial charge in [0, 0.05) is 12.0 Å². The third kappa shape index (κ3) is 2.15. The molecule has 1 aromatic heterocycles. The fourth-order valence-corrected chi connectivity index (χ4v) is 2.64. The Labute approximate surface area is 102 Å². The Bertz CT molecular complexity index is 412. The van der Waals surface area contributed by atoms with E-state index in [1.165, 1.54) is 11.8 Å². The number of aromatic nitrogens is 2. The SMILES string of the molecule is CCSc1nc(Cl)c2c(n1)C(F)(F)CCC2. The van der Waals surface area contributed by atoms with Crippen LogP contribution in [0.1, 0.15) is 31.0 Å². The zero-order valence-electron chi connectivity index (χ0n) is 8.76. The molecule has 1 aromatic rings. The van der Waals surface area contributed by atoms with E-state index in [9.17, 15) is 8.78 Å². The number of thioether (sulfide) groups is 1. The fraction of sp³-hybridized carbons (Fsp3) is 0.600. The molecular weight excluding hydrogens is 254 g/mol. The van der Waals surface area contributed by atoms with E-state index in [4.69, 9.17) is 11.6 Å². The van der Waals surface area contributed by atoms with Gasteiger partial charge in [0.05, 0.1) is 0 Å². The van der Waals surface area contributed by atoms with Gasteiger partial charge in [0.2, 0.25) is 0 Å². The minimum atomic E-state index is -2.86. The molecule has 1 heterocycles. The smallest absolute Gasteiger partial charge is 0.221 e. The third-order valence-electron chi connectivity index (χ3n) is 2.47. The molecule has 1 aliphatic rings. The summed E-state index contributed by atoms with van der Waals surface area (Å²) in [7, 11) is 0. The maximum Gasteiger partial charge on any atom is 0.290 e. The Morgan fingerprint density at radius 1 is 1.44 bits per heavy atom. The molecular formula is C10H11ClF2N2S. The summed E-state index contributed by atoms with van der Waals surface area (Å²) in [5.74, 6) is -2.12. The van der Waals surface area contributed by atoms with E-state index in [0.717, 1.165) is 5.75 Å². The summed E-state index contributed by atoms with van der Waals surface area (Å²) in [6.07, 6.45) is 0.827. The number of alkyl halides is 2. The van der Waals surface area contributed by atoms with Gasteiger partial charge in [0.1, 0.15) is 10.8 Å². The molecule has 6 heteroatoms. The Balaban J connectivity index is 2.50. The first kappa shape index (κ1) is 12.0. The van der Waals surface area contributed by atoms with Gasteiger partial charge >= 0.3 is 0 Å². The first-order chi connectivity index (χ1) is 7.54. The van der Waals surface area contributed by atoms with Gasteiger partial charge in [0.25, 0.3) is 5.92 Å². The van der Waals surface area contributed by atoms with Crippen LogP contribution >= 0.6 is 23.4 Å². The highest BCUT2D eigenvalue weighted by Crippen LogP contribution is 2.41. The van der Waals surface area contributed by atoms with Crippen molar-refractivity contribution in [2.75, 3.05) is 5.75 Å². The number of halogens is 3. The van der Waals surface area contributed by atoms with Gasteiger partial charge in [-0.05, 0) is 18.6 Å². The molecule has 0 saturated carbocycles. The molecule has 0 aromatic carbocycles. The van der Waals surface area contributed by atoms with Crippen molar-refractivity contribution in [1.29, 1.82) is 0 Å². The summed E-state index contributed by atoms with van der Waals surface area (Å²) in [6, 6.07) is 0. The van der Waals surface area contributed by atoms with Crippen molar-refractivity contribution in [3.63, 3.8) is 0 Å². The summed E-state index contributed by atoms with van der Waals surface area (Å²) >= 11 is 7.24. The highest BCUT2D eigenvalue weighted by Gasteiger charge is 2.40. The molecule has 16 heavy (non-hydrogen) atoms. The van der Waals surface area contributed by atoms with Crippen LogP contribution in [-0.2, 0) is 12.3 Å². The number of nitrogens with zero attached hydrogens (tertiary/aromatic N) is 2. The maximum atomic E-state index is 13.6. The minimum absolute atomic E-state index is 0.149. The van der Waals surface area contributed by atoms with Crippen LogP contribution in [0.3, 0.4) is 0 Å². The lowest BCUT2D eigenvalue weighted by atomic mass is 9.94. The molecule has 2 nitrogen and oxygen atoms in total. The molecule has 0 unspecified atom stereocenters. The van der Waals surface area contributed by atoms with Crippen LogP contribution in [0, 0.1) is 0 Å². The van der Waals surface area contributed by atoms with E-state index in [1.807, 2.05) is 6.92 Å². The summed E-state index contributed by atoms with van der Waals surface area (Å²) in [5, 5.41) is 0.521. The molecule has 2 rings (SSSR count). The van der Waals surface area contributed by atoms with Crippen LogP contribution < -0.4 is 0 Å². The van der Waals surface area contributed by atoms with Gasteiger partial charge < -0.3 is 0 Å². The summed E-state index contributed by atoms with van der Waals surface area (Å²) in [5.41, 5.74) is 0.244. The third-order valence-corrected chi connectivity index (χ3v) is 3.52. The predicted octanol–water partition coefficient (Wildman–Crippen LogP) is 3.67. The average molecular weight is 265 g/mol. The molecule has 88 valence electrons. The lowest BCUT2D eigenvalue weighted by Gasteiger charge is -2.24. The van der Waals surface area contributed by atoms with Crippen molar-refractivity contribution < 1.29 is 8.78 Å². The molecule has 0 aliphatic heterocycles. The molecule has 0 saturated heterocycles. The van der Waals surface area contributed by atoms with Crippen molar-refractivity contribution >= 4 is 23.4 Å². The molecule has 0 N–H and O–H groups in total. The van der Waals surface area contributed by atoms with Crippen LogP contribution in [0.2, 0.25) is 5.15 Å².